The van der Waals surface area contributed by atoms with Gasteiger partial charge in [-0.25, -0.2) is 4.39 Å². The van der Waals surface area contributed by atoms with Crippen LogP contribution in [0.5, 0.6) is 0 Å². The van der Waals surface area contributed by atoms with Gasteiger partial charge < -0.3 is 5.11 Å². The summed E-state index contributed by atoms with van der Waals surface area (Å²) < 4.78 is 15.0. The number of hydrogen-bond donors (Lipinski definition) is 1. The van der Waals surface area contributed by atoms with Crippen LogP contribution in [0.1, 0.15) is 16.8 Å². The number of aryl methyl sites for hydroxylation is 1. The molecule has 2 aromatic rings. The van der Waals surface area contributed by atoms with E-state index in [0.717, 1.165) is 5.56 Å². The lowest BCUT2D eigenvalue weighted by atomic mass is 10.2. The summed E-state index contributed by atoms with van der Waals surface area (Å²) >= 11 is 0. The molecule has 1 aromatic carbocycles. The summed E-state index contributed by atoms with van der Waals surface area (Å²) in [5.74, 6) is -0.235. The predicted molar refractivity (Wildman–Crippen MR) is 58.4 cm³/mol. The van der Waals surface area contributed by atoms with Gasteiger partial charge in [-0.1, -0.05) is 18.2 Å². The predicted octanol–water partition coefficient (Wildman–Crippen LogP) is 1.87. The summed E-state index contributed by atoms with van der Waals surface area (Å²) in [6.45, 7) is 2.17. The van der Waals surface area contributed by atoms with Crippen LogP contribution in [0.2, 0.25) is 0 Å². The maximum atomic E-state index is 13.4. The molecule has 0 saturated carbocycles. The van der Waals surface area contributed by atoms with Crippen LogP contribution in [-0.2, 0) is 13.2 Å². The van der Waals surface area contributed by atoms with Gasteiger partial charge in [-0.2, -0.15) is 5.10 Å². The largest absolute Gasteiger partial charge is 0.390 e. The van der Waals surface area contributed by atoms with Crippen molar-refractivity contribution < 1.29 is 9.50 Å². The molecule has 0 amide bonds. The Morgan fingerprint density at radius 2 is 2.12 bits per heavy atom. The fourth-order valence-electron chi connectivity index (χ4n) is 1.60. The fourth-order valence-corrected chi connectivity index (χ4v) is 1.60. The average Bonchev–Trinajstić information content (AvgIpc) is 2.62. The Kier molecular flexibility index (Phi) is 3.01. The van der Waals surface area contributed by atoms with E-state index in [1.165, 1.54) is 6.07 Å². The average molecular weight is 220 g/mol. The van der Waals surface area contributed by atoms with Gasteiger partial charge in [0.25, 0.3) is 0 Å². The molecule has 1 N–H and O–H groups in total. The van der Waals surface area contributed by atoms with Gasteiger partial charge in [0.1, 0.15) is 5.82 Å². The van der Waals surface area contributed by atoms with E-state index in [1.54, 1.807) is 29.1 Å². The minimum Gasteiger partial charge on any atom is -0.390 e. The molecule has 2 rings (SSSR count). The molecule has 0 fully saturated rings. The topological polar surface area (TPSA) is 38.0 Å². The van der Waals surface area contributed by atoms with E-state index < -0.39 is 0 Å². The third-order valence-electron chi connectivity index (χ3n) is 2.49. The zero-order chi connectivity index (χ0) is 11.5. The summed E-state index contributed by atoms with van der Waals surface area (Å²) in [5.41, 5.74) is 2.14. The Labute approximate surface area is 93.2 Å². The van der Waals surface area contributed by atoms with Crippen molar-refractivity contribution >= 4 is 0 Å². The van der Waals surface area contributed by atoms with Gasteiger partial charge in [-0.15, -0.1) is 0 Å². The van der Waals surface area contributed by atoms with Crippen molar-refractivity contribution in [2.45, 2.75) is 20.1 Å². The first-order valence-corrected chi connectivity index (χ1v) is 5.08. The third kappa shape index (κ3) is 2.12. The molecule has 1 heterocycles. The van der Waals surface area contributed by atoms with Crippen LogP contribution in [0.15, 0.2) is 30.5 Å². The summed E-state index contributed by atoms with van der Waals surface area (Å²) in [6.07, 6.45) is 1.80. The molecule has 84 valence electrons. The molecule has 16 heavy (non-hydrogen) atoms. The molecule has 0 radical (unpaired) electrons. The number of aliphatic hydroxyl groups is 1. The lowest BCUT2D eigenvalue weighted by molar-refractivity contribution is 0.274. The SMILES string of the molecule is Cc1cn(Cc2ccccc2F)nc1CO. The van der Waals surface area contributed by atoms with Crippen molar-refractivity contribution in [1.29, 1.82) is 0 Å². The highest BCUT2D eigenvalue weighted by Crippen LogP contribution is 2.10. The smallest absolute Gasteiger partial charge is 0.128 e. The number of benzene rings is 1. The molecule has 4 heteroatoms. The molecule has 3 nitrogen and oxygen atoms in total. The fraction of sp³-hybridized carbons (Fsp3) is 0.250. The van der Waals surface area contributed by atoms with Gasteiger partial charge in [-0.05, 0) is 18.6 Å². The Morgan fingerprint density at radius 3 is 2.75 bits per heavy atom. The second kappa shape index (κ2) is 4.45. The van der Waals surface area contributed by atoms with E-state index in [2.05, 4.69) is 5.10 Å². The Balaban J connectivity index is 2.24. The quantitative estimate of drug-likeness (QED) is 0.857. The highest BCUT2D eigenvalue weighted by atomic mass is 19.1. The van der Waals surface area contributed by atoms with Crippen LogP contribution in [0.3, 0.4) is 0 Å². The lowest BCUT2D eigenvalue weighted by Crippen LogP contribution is -2.03. The van der Waals surface area contributed by atoms with Gasteiger partial charge in [-0.3, -0.25) is 4.68 Å². The monoisotopic (exact) mass is 220 g/mol. The van der Waals surface area contributed by atoms with Crippen molar-refractivity contribution in [3.05, 3.63) is 53.1 Å². The summed E-state index contributed by atoms with van der Waals surface area (Å²) in [7, 11) is 0. The third-order valence-corrected chi connectivity index (χ3v) is 2.49. The van der Waals surface area contributed by atoms with Crippen molar-refractivity contribution in [2.75, 3.05) is 0 Å². The molecule has 0 bridgehead atoms. The summed E-state index contributed by atoms with van der Waals surface area (Å²) in [4.78, 5) is 0. The number of aliphatic hydroxyl groups excluding tert-OH is 1. The molecule has 0 aliphatic carbocycles. The Hall–Kier alpha value is -1.68. The highest BCUT2D eigenvalue weighted by molar-refractivity contribution is 5.19. The maximum Gasteiger partial charge on any atom is 0.128 e. The second-order valence-corrected chi connectivity index (χ2v) is 3.71. The normalized spacial score (nSPS) is 10.7. The van der Waals surface area contributed by atoms with Crippen LogP contribution < -0.4 is 0 Å². The standard InChI is InChI=1S/C12H13FN2O/c1-9-6-15(14-12(9)8-16)7-10-4-2-3-5-11(10)13/h2-6,16H,7-8H2,1H3. The number of rotatable bonds is 3. The second-order valence-electron chi connectivity index (χ2n) is 3.71. The Bertz CT molecular complexity index is 494. The molecule has 1 aromatic heterocycles. The number of halogens is 1. The van der Waals surface area contributed by atoms with Crippen LogP contribution in [-0.4, -0.2) is 14.9 Å². The van der Waals surface area contributed by atoms with Crippen LogP contribution in [0, 0.1) is 12.7 Å². The van der Waals surface area contributed by atoms with Crippen molar-refractivity contribution in [2.24, 2.45) is 0 Å². The number of aromatic nitrogens is 2. The van der Waals surface area contributed by atoms with Crippen LogP contribution in [0.25, 0.3) is 0 Å². The minimum atomic E-state index is -0.235. The first-order chi connectivity index (χ1) is 7.70. The maximum absolute atomic E-state index is 13.4. The zero-order valence-electron chi connectivity index (χ0n) is 9.02. The van der Waals surface area contributed by atoms with Gasteiger partial charge in [0.15, 0.2) is 0 Å². The summed E-state index contributed by atoms with van der Waals surface area (Å²) in [6, 6.07) is 6.61. The van der Waals surface area contributed by atoms with Gasteiger partial charge in [0.2, 0.25) is 0 Å². The zero-order valence-corrected chi connectivity index (χ0v) is 9.02. The van der Waals surface area contributed by atoms with E-state index in [-0.39, 0.29) is 12.4 Å². The van der Waals surface area contributed by atoms with Crippen LogP contribution >= 0.6 is 0 Å². The number of hydrogen-bond acceptors (Lipinski definition) is 2. The van der Waals surface area contributed by atoms with Gasteiger partial charge in [0.05, 0.1) is 18.8 Å². The van der Waals surface area contributed by atoms with Crippen molar-refractivity contribution in [3.63, 3.8) is 0 Å². The van der Waals surface area contributed by atoms with Gasteiger partial charge in [0, 0.05) is 11.8 Å². The Morgan fingerprint density at radius 1 is 1.38 bits per heavy atom. The highest BCUT2D eigenvalue weighted by Gasteiger charge is 2.06. The molecule has 0 unspecified atom stereocenters. The first-order valence-electron chi connectivity index (χ1n) is 5.08. The van der Waals surface area contributed by atoms with E-state index in [9.17, 15) is 4.39 Å². The van der Waals surface area contributed by atoms with E-state index in [1.807, 2.05) is 6.92 Å². The molecule has 0 aliphatic rings. The van der Waals surface area contributed by atoms with Gasteiger partial charge >= 0.3 is 0 Å². The number of nitrogens with zero attached hydrogens (tertiary/aromatic N) is 2. The lowest BCUT2D eigenvalue weighted by Gasteiger charge is -2.02. The molecular formula is C12H13FN2O. The molecule has 0 saturated heterocycles. The minimum absolute atomic E-state index is 0.0872. The first kappa shape index (κ1) is 10.8. The molecular weight excluding hydrogens is 207 g/mol. The van der Waals surface area contributed by atoms with E-state index in [0.29, 0.717) is 17.8 Å². The van der Waals surface area contributed by atoms with E-state index in [4.69, 9.17) is 5.11 Å². The molecule has 0 atom stereocenters. The summed E-state index contributed by atoms with van der Waals surface area (Å²) in [5, 5.41) is 13.2. The molecule has 0 aliphatic heterocycles. The van der Waals surface area contributed by atoms with Crippen molar-refractivity contribution in [1.82, 2.24) is 9.78 Å². The van der Waals surface area contributed by atoms with E-state index >= 15 is 0 Å². The molecule has 0 spiro atoms. The van der Waals surface area contributed by atoms with Crippen LogP contribution in [0.4, 0.5) is 4.39 Å². The van der Waals surface area contributed by atoms with Crippen molar-refractivity contribution in [3.8, 4) is 0 Å².